The second-order valence-corrected chi connectivity index (χ2v) is 0.534. The maximum atomic E-state index is 4.64. The van der Waals surface area contributed by atoms with Gasteiger partial charge in [0.15, 0.2) is 0 Å². The molecule has 0 saturated heterocycles. The summed E-state index contributed by atoms with van der Waals surface area (Å²) in [5, 5.41) is 3.11. The summed E-state index contributed by atoms with van der Waals surface area (Å²) in [5.41, 5.74) is 0. The van der Waals surface area contributed by atoms with Gasteiger partial charge in [0, 0.05) is 6.21 Å². The van der Waals surface area contributed by atoms with Crippen molar-refractivity contribution in [1.82, 2.24) is 0 Å². The summed E-state index contributed by atoms with van der Waals surface area (Å²) in [6.07, 6.45) is 2.93. The van der Waals surface area contributed by atoms with Crippen LogP contribution in [0.2, 0.25) is 0 Å². The maximum absolute atomic E-state index is 4.64. The van der Waals surface area contributed by atoms with E-state index in [0.29, 0.717) is 0 Å². The second-order valence-electron chi connectivity index (χ2n) is 0.534. The van der Waals surface area contributed by atoms with Gasteiger partial charge < -0.3 is 5.84 Å². The summed E-state index contributed by atoms with van der Waals surface area (Å²) in [4.78, 5) is 0. The Bertz CT molecular complexity index is 48.0. The van der Waals surface area contributed by atoms with Crippen molar-refractivity contribution in [1.29, 1.82) is 0 Å². The molecular formula is C5H12N2. The molecule has 2 nitrogen and oxygen atoms in total. The molecule has 0 unspecified atom stereocenters. The quantitative estimate of drug-likeness (QED) is 0.299. The van der Waals surface area contributed by atoms with Crippen molar-refractivity contribution in [2.75, 3.05) is 0 Å². The van der Waals surface area contributed by atoms with Gasteiger partial charge in [0.1, 0.15) is 0 Å². The summed E-state index contributed by atoms with van der Waals surface area (Å²) in [6, 6.07) is 0. The third kappa shape index (κ3) is 36.7. The number of hydrogen-bond acceptors (Lipinski definition) is 2. The number of nitrogens with zero attached hydrogens (tertiary/aromatic N) is 1. The molecule has 0 aromatic heterocycles. The van der Waals surface area contributed by atoms with Crippen molar-refractivity contribution in [2.45, 2.75) is 13.8 Å². The van der Waals surface area contributed by atoms with Crippen LogP contribution in [0.3, 0.4) is 0 Å². The fraction of sp³-hybridized carbons (Fsp3) is 0.400. The van der Waals surface area contributed by atoms with Crippen molar-refractivity contribution in [3.8, 4) is 0 Å². The van der Waals surface area contributed by atoms with Gasteiger partial charge in [0.25, 0.3) is 0 Å². The molecule has 0 rings (SSSR count). The van der Waals surface area contributed by atoms with E-state index >= 15 is 0 Å². The van der Waals surface area contributed by atoms with Crippen molar-refractivity contribution in [3.05, 3.63) is 12.7 Å². The Morgan fingerprint density at radius 2 is 2.00 bits per heavy atom. The molecule has 0 aliphatic rings. The van der Waals surface area contributed by atoms with E-state index in [2.05, 4.69) is 17.5 Å². The zero-order chi connectivity index (χ0) is 6.12. The predicted octanol–water partition coefficient (Wildman–Crippen LogP) is 1.14. The van der Waals surface area contributed by atoms with Gasteiger partial charge in [-0.25, -0.2) is 0 Å². The first kappa shape index (κ1) is 9.51. The van der Waals surface area contributed by atoms with E-state index in [1.807, 2.05) is 13.8 Å². The van der Waals surface area contributed by atoms with Crippen molar-refractivity contribution < 1.29 is 0 Å². The molecule has 42 valence electrons. The van der Waals surface area contributed by atoms with Gasteiger partial charge in [-0.1, -0.05) is 20.4 Å². The lowest BCUT2D eigenvalue weighted by Gasteiger charge is -1.59. The van der Waals surface area contributed by atoms with Gasteiger partial charge in [-0.2, -0.15) is 5.10 Å². The fourth-order valence-corrected chi connectivity index (χ4v) is 0.0609. The van der Waals surface area contributed by atoms with Crippen LogP contribution in [0.25, 0.3) is 0 Å². The van der Waals surface area contributed by atoms with Crippen molar-refractivity contribution >= 4 is 6.21 Å². The van der Waals surface area contributed by atoms with E-state index in [-0.39, 0.29) is 0 Å². The van der Waals surface area contributed by atoms with Crippen LogP contribution < -0.4 is 5.84 Å². The van der Waals surface area contributed by atoms with Crippen LogP contribution in [-0.2, 0) is 0 Å². The summed E-state index contributed by atoms with van der Waals surface area (Å²) >= 11 is 0. The van der Waals surface area contributed by atoms with E-state index in [1.54, 1.807) is 0 Å². The molecule has 0 aromatic rings. The lowest BCUT2D eigenvalue weighted by Crippen LogP contribution is -1.75. The van der Waals surface area contributed by atoms with Crippen LogP contribution >= 0.6 is 0 Å². The molecule has 0 fully saturated rings. The van der Waals surface area contributed by atoms with E-state index in [1.165, 1.54) is 12.3 Å². The zero-order valence-electron chi connectivity index (χ0n) is 4.89. The van der Waals surface area contributed by atoms with Crippen LogP contribution in [0.1, 0.15) is 13.8 Å². The van der Waals surface area contributed by atoms with Gasteiger partial charge in [0.05, 0.1) is 0 Å². The summed E-state index contributed by atoms with van der Waals surface area (Å²) in [5.74, 6) is 4.64. The van der Waals surface area contributed by atoms with Crippen molar-refractivity contribution in [2.24, 2.45) is 10.9 Å². The number of hydrazone groups is 1. The topological polar surface area (TPSA) is 38.4 Å². The van der Waals surface area contributed by atoms with E-state index in [9.17, 15) is 0 Å². The molecule has 0 radical (unpaired) electrons. The van der Waals surface area contributed by atoms with Gasteiger partial charge in [0.2, 0.25) is 0 Å². The summed E-state index contributed by atoms with van der Waals surface area (Å²) in [7, 11) is 0. The average molecular weight is 100 g/mol. The number of hydrogen-bond donors (Lipinski definition) is 1. The van der Waals surface area contributed by atoms with Crippen molar-refractivity contribution in [3.63, 3.8) is 0 Å². The fourth-order valence-electron chi connectivity index (χ4n) is 0.0609. The lowest BCUT2D eigenvalue weighted by atomic mass is 10.7. The maximum Gasteiger partial charge on any atom is 0.0459 e. The molecule has 0 aliphatic heterocycles. The molecular weight excluding hydrogens is 88.1 g/mol. The van der Waals surface area contributed by atoms with Crippen LogP contribution in [0.15, 0.2) is 17.8 Å². The lowest BCUT2D eigenvalue weighted by molar-refractivity contribution is 1.27. The highest BCUT2D eigenvalue weighted by Gasteiger charge is 1.42. The molecule has 7 heavy (non-hydrogen) atoms. The molecule has 2 N–H and O–H groups in total. The Morgan fingerprint density at radius 3 is 2.00 bits per heavy atom. The first-order valence-electron chi connectivity index (χ1n) is 2.26. The summed E-state index contributed by atoms with van der Waals surface area (Å²) in [6.45, 7) is 7.32. The molecule has 0 bridgehead atoms. The van der Waals surface area contributed by atoms with E-state index < -0.39 is 0 Å². The van der Waals surface area contributed by atoms with Gasteiger partial charge in [-0.05, 0) is 6.08 Å². The normalized spacial score (nSPS) is 7.14. The monoisotopic (exact) mass is 100 g/mol. The molecule has 0 aliphatic carbocycles. The summed E-state index contributed by atoms with van der Waals surface area (Å²) < 4.78 is 0. The van der Waals surface area contributed by atoms with Crippen LogP contribution in [0.5, 0.6) is 0 Å². The molecule has 0 aromatic carbocycles. The standard InChI is InChI=1S/C3H6N2.C2H6/c1-2-3-5-4;1-2/h2-3H,1,4H2;1-2H3/b5-3-;. The Balaban J connectivity index is 0. The number of allylic oxidation sites excluding steroid dienone is 1. The van der Waals surface area contributed by atoms with Gasteiger partial charge in [-0.3, -0.25) is 0 Å². The van der Waals surface area contributed by atoms with Crippen LogP contribution in [0, 0.1) is 0 Å². The van der Waals surface area contributed by atoms with Crippen LogP contribution in [-0.4, -0.2) is 6.21 Å². The van der Waals surface area contributed by atoms with Crippen LogP contribution in [0.4, 0.5) is 0 Å². The minimum Gasteiger partial charge on any atom is -0.323 e. The number of nitrogens with two attached hydrogens (primary N) is 1. The second kappa shape index (κ2) is 18.9. The highest BCUT2D eigenvalue weighted by atomic mass is 15.1. The van der Waals surface area contributed by atoms with Gasteiger partial charge in [-0.15, -0.1) is 0 Å². The average Bonchev–Trinajstić information content (AvgIpc) is 1.75. The minimum absolute atomic E-state index is 1.42. The highest BCUT2D eigenvalue weighted by Crippen LogP contribution is 1.44. The Hall–Kier alpha value is -0.790. The number of rotatable bonds is 1. The molecule has 0 spiro atoms. The molecule has 0 heterocycles. The van der Waals surface area contributed by atoms with Gasteiger partial charge >= 0.3 is 0 Å². The largest absolute Gasteiger partial charge is 0.323 e. The Kier molecular flexibility index (Phi) is 25.7. The SMILES string of the molecule is C=C/C=N\N.CC. The zero-order valence-corrected chi connectivity index (χ0v) is 4.89. The molecule has 0 saturated carbocycles. The van der Waals surface area contributed by atoms with E-state index in [4.69, 9.17) is 0 Å². The first-order valence-corrected chi connectivity index (χ1v) is 2.26. The smallest absolute Gasteiger partial charge is 0.0459 e. The van der Waals surface area contributed by atoms with E-state index in [0.717, 1.165) is 0 Å². The predicted molar refractivity (Wildman–Crippen MR) is 34.2 cm³/mol. The third-order valence-corrected chi connectivity index (χ3v) is 0.191. The minimum atomic E-state index is 1.42. The Labute approximate surface area is 44.7 Å². The molecule has 0 amide bonds. The first-order chi connectivity index (χ1) is 3.41. The molecule has 2 heteroatoms. The molecule has 0 atom stereocenters. The highest BCUT2D eigenvalue weighted by molar-refractivity contribution is 5.69. The third-order valence-electron chi connectivity index (χ3n) is 0.191. The Morgan fingerprint density at radius 1 is 1.57 bits per heavy atom.